The molecule has 0 aliphatic carbocycles. The predicted octanol–water partition coefficient (Wildman–Crippen LogP) is 15.8. The van der Waals surface area contributed by atoms with E-state index in [1.807, 2.05) is 25.1 Å². The van der Waals surface area contributed by atoms with E-state index in [0.29, 0.717) is 18.8 Å². The van der Waals surface area contributed by atoms with Crippen LogP contribution in [0.1, 0.15) is 162 Å². The number of rotatable bonds is 13. The number of phenols is 1. The van der Waals surface area contributed by atoms with Crippen molar-refractivity contribution in [1.29, 1.82) is 0 Å². The quantitative estimate of drug-likeness (QED) is 0.135. The Morgan fingerprint density at radius 2 is 0.833 bits per heavy atom. The van der Waals surface area contributed by atoms with E-state index in [0.717, 1.165) is 56.2 Å². The van der Waals surface area contributed by atoms with E-state index < -0.39 is 19.5 Å². The summed E-state index contributed by atoms with van der Waals surface area (Å²) >= 11 is 0. The molecule has 4 aromatic carbocycles. The molecule has 0 saturated heterocycles. The standard InChI is InChI=1S/C41H62O5P2.C11H16O/c1-28-20-17-23-31(37(4,5)6)34(28)43-47-41(15,16)42-27-26-40(13,14)46-48(44-35-29(2)21-18-24-32(35)38(7,8)9)45-36-30(3)22-19-25-33(36)39(10,11)12;1-8-6-5-7-9(10(8)12)11(2,3)4/h17-25,47H,26-27H2,1-16H3;5-7,12H,1-4H3. The summed E-state index contributed by atoms with van der Waals surface area (Å²) in [4.78, 5) is 0. The van der Waals surface area contributed by atoms with Crippen LogP contribution in [-0.4, -0.2) is 22.7 Å². The highest BCUT2D eigenvalue weighted by molar-refractivity contribution is 7.42. The lowest BCUT2D eigenvalue weighted by molar-refractivity contribution is 0.00174. The van der Waals surface area contributed by atoms with Crippen LogP contribution >= 0.6 is 17.4 Å². The van der Waals surface area contributed by atoms with Crippen molar-refractivity contribution in [3.8, 4) is 23.0 Å². The van der Waals surface area contributed by atoms with E-state index >= 15 is 0 Å². The van der Waals surface area contributed by atoms with Gasteiger partial charge in [0.25, 0.3) is 0 Å². The molecule has 0 saturated carbocycles. The van der Waals surface area contributed by atoms with Crippen molar-refractivity contribution in [1.82, 2.24) is 0 Å². The van der Waals surface area contributed by atoms with Gasteiger partial charge in [0.1, 0.15) is 37.1 Å². The molecule has 0 amide bonds. The minimum Gasteiger partial charge on any atom is -0.507 e. The van der Waals surface area contributed by atoms with E-state index in [4.69, 9.17) is 22.8 Å². The molecule has 0 aliphatic rings. The van der Waals surface area contributed by atoms with Gasteiger partial charge in [-0.1, -0.05) is 156 Å². The van der Waals surface area contributed by atoms with Gasteiger partial charge in [0, 0.05) is 16.7 Å². The second-order valence-corrected chi connectivity index (χ2v) is 24.0. The molecule has 60 heavy (non-hydrogen) atoms. The summed E-state index contributed by atoms with van der Waals surface area (Å²) in [6.07, 6.45) is 0.643. The third kappa shape index (κ3) is 14.8. The molecule has 1 N–H and O–H groups in total. The molecule has 1 atom stereocenters. The first-order valence-corrected chi connectivity index (χ1v) is 23.4. The molecule has 4 aromatic rings. The van der Waals surface area contributed by atoms with Crippen molar-refractivity contribution in [3.05, 3.63) is 117 Å². The van der Waals surface area contributed by atoms with Crippen molar-refractivity contribution in [2.24, 2.45) is 0 Å². The summed E-state index contributed by atoms with van der Waals surface area (Å²) in [5, 5.41) is 9.26. The molecule has 0 bridgehead atoms. The van der Waals surface area contributed by atoms with Crippen LogP contribution in [0.4, 0.5) is 0 Å². The molecule has 0 heterocycles. The van der Waals surface area contributed by atoms with Crippen molar-refractivity contribution in [2.75, 3.05) is 6.61 Å². The van der Waals surface area contributed by atoms with Gasteiger partial charge in [0.2, 0.25) is 0 Å². The maximum atomic E-state index is 9.73. The number of aryl methyl sites for hydroxylation is 4. The Labute approximate surface area is 368 Å². The van der Waals surface area contributed by atoms with Crippen LogP contribution < -0.4 is 13.6 Å². The summed E-state index contributed by atoms with van der Waals surface area (Å²) in [6, 6.07) is 24.8. The van der Waals surface area contributed by atoms with E-state index in [9.17, 15) is 5.11 Å². The summed E-state index contributed by atoms with van der Waals surface area (Å²) in [6.45, 7) is 43.2. The summed E-state index contributed by atoms with van der Waals surface area (Å²) in [5.74, 6) is 3.03. The third-order valence-electron chi connectivity index (χ3n) is 10.3. The highest BCUT2D eigenvalue weighted by Crippen LogP contribution is 2.51. The SMILES string of the molecule is Cc1cccc(C(C)(C)C)c1O.Cc1cccc(C(C)(C)C)c1OPC(C)(C)OCCC(C)(C)OP(Oc1c(C)cccc1C(C)(C)C)Oc1c(C)cccc1C(C)(C)C. The third-order valence-corrected chi connectivity index (χ3v) is 12.6. The fourth-order valence-corrected chi connectivity index (χ4v) is 8.75. The fraction of sp³-hybridized carbons (Fsp3) is 0.538. The minimum absolute atomic E-state index is 0.0153. The molecule has 6 nitrogen and oxygen atoms in total. The van der Waals surface area contributed by atoms with Crippen molar-refractivity contribution in [3.63, 3.8) is 0 Å². The van der Waals surface area contributed by atoms with E-state index in [-0.39, 0.29) is 30.5 Å². The largest absolute Gasteiger partial charge is 0.507 e. The lowest BCUT2D eigenvalue weighted by atomic mass is 9.85. The van der Waals surface area contributed by atoms with Gasteiger partial charge in [0.05, 0.1) is 12.2 Å². The maximum Gasteiger partial charge on any atom is 0.463 e. The van der Waals surface area contributed by atoms with E-state index in [2.05, 4.69) is 186 Å². The highest BCUT2D eigenvalue weighted by atomic mass is 31.2. The number of hydrogen-bond donors (Lipinski definition) is 1. The smallest absolute Gasteiger partial charge is 0.463 e. The summed E-state index contributed by atoms with van der Waals surface area (Å²) in [5.41, 5.74) is 7.82. The second kappa shape index (κ2) is 19.9. The molecule has 0 spiro atoms. The Hall–Kier alpha value is -3.14. The van der Waals surface area contributed by atoms with Gasteiger partial charge in [0.15, 0.2) is 0 Å². The van der Waals surface area contributed by atoms with Crippen LogP contribution in [0.15, 0.2) is 72.8 Å². The number of aromatic hydroxyl groups is 1. The van der Waals surface area contributed by atoms with Crippen LogP contribution in [0.5, 0.6) is 23.0 Å². The number of ether oxygens (including phenoxy) is 1. The van der Waals surface area contributed by atoms with E-state index in [1.165, 1.54) is 5.56 Å². The van der Waals surface area contributed by atoms with Crippen molar-refractivity contribution < 1.29 is 27.9 Å². The van der Waals surface area contributed by atoms with Gasteiger partial charge in [-0.2, -0.15) is 0 Å². The fourth-order valence-electron chi connectivity index (χ4n) is 6.58. The van der Waals surface area contributed by atoms with Gasteiger partial charge in [-0.25, -0.2) is 0 Å². The first-order valence-electron chi connectivity index (χ1n) is 21.4. The van der Waals surface area contributed by atoms with Gasteiger partial charge >= 0.3 is 8.60 Å². The van der Waals surface area contributed by atoms with Gasteiger partial charge < -0.3 is 23.4 Å². The lowest BCUT2D eigenvalue weighted by Crippen LogP contribution is -2.29. The average Bonchev–Trinajstić information content (AvgIpc) is 3.08. The van der Waals surface area contributed by atoms with Crippen molar-refractivity contribution in [2.45, 2.75) is 177 Å². The van der Waals surface area contributed by atoms with Gasteiger partial charge in [-0.05, 0) is 111 Å². The first-order chi connectivity index (χ1) is 27.3. The van der Waals surface area contributed by atoms with Crippen LogP contribution in [0.2, 0.25) is 0 Å². The topological polar surface area (TPSA) is 66.4 Å². The number of benzene rings is 4. The monoisotopic (exact) mass is 861 g/mol. The summed E-state index contributed by atoms with van der Waals surface area (Å²) < 4.78 is 33.4. The molecule has 0 aliphatic heterocycles. The van der Waals surface area contributed by atoms with Gasteiger partial charge in [-0.15, -0.1) is 0 Å². The molecule has 4 rings (SSSR count). The zero-order chi connectivity index (χ0) is 45.6. The van der Waals surface area contributed by atoms with Crippen molar-refractivity contribution >= 4 is 17.4 Å². The Kier molecular flexibility index (Phi) is 17.0. The number of para-hydroxylation sites is 4. The Balaban J connectivity index is 0.000000685. The molecule has 8 heteroatoms. The molecular formula is C52H78O6P2. The zero-order valence-electron chi connectivity index (χ0n) is 40.8. The van der Waals surface area contributed by atoms with Crippen LogP contribution in [-0.2, 0) is 30.9 Å². The number of hydrogen-bond acceptors (Lipinski definition) is 6. The summed E-state index contributed by atoms with van der Waals surface area (Å²) in [7, 11) is -1.70. The second-order valence-electron chi connectivity index (χ2n) is 21.4. The van der Waals surface area contributed by atoms with Gasteiger partial charge in [-0.3, -0.25) is 4.52 Å². The molecule has 0 aromatic heterocycles. The Bertz CT molecular complexity index is 1960. The Morgan fingerprint density at radius 1 is 0.483 bits per heavy atom. The molecular weight excluding hydrogens is 783 g/mol. The predicted molar refractivity (Wildman–Crippen MR) is 258 cm³/mol. The van der Waals surface area contributed by atoms with Crippen LogP contribution in [0, 0.1) is 27.7 Å². The molecule has 0 fully saturated rings. The first kappa shape index (κ1) is 51.2. The average molecular weight is 861 g/mol. The maximum absolute atomic E-state index is 9.73. The Morgan fingerprint density at radius 3 is 1.22 bits per heavy atom. The van der Waals surface area contributed by atoms with E-state index in [1.54, 1.807) is 0 Å². The molecule has 0 radical (unpaired) electrons. The normalized spacial score (nSPS) is 13.1. The van der Waals surface area contributed by atoms with Crippen LogP contribution in [0.3, 0.4) is 0 Å². The highest BCUT2D eigenvalue weighted by Gasteiger charge is 2.34. The minimum atomic E-state index is -1.84. The zero-order valence-corrected chi connectivity index (χ0v) is 42.7. The number of phenolic OH excluding ortho intramolecular Hbond substituents is 1. The lowest BCUT2D eigenvalue weighted by Gasteiger charge is -2.33. The molecule has 1 unspecified atom stereocenters. The molecule has 332 valence electrons. The van der Waals surface area contributed by atoms with Crippen LogP contribution in [0.25, 0.3) is 0 Å².